The van der Waals surface area contributed by atoms with Crippen molar-refractivity contribution in [3.8, 4) is 0 Å². The number of aliphatic hydroxyl groups is 1. The minimum atomic E-state index is -0.242. The standard InChI is InChI=1S/C9H16N2O3/c10-8-4-14-3-7(8)9(13)11-5-1-6(12)2-5/h5-8,12H,1-4,10H2,(H,11,13). The van der Waals surface area contributed by atoms with E-state index in [-0.39, 0.29) is 30.0 Å². The van der Waals surface area contributed by atoms with Gasteiger partial charge in [-0.1, -0.05) is 0 Å². The highest BCUT2D eigenvalue weighted by Gasteiger charge is 2.35. The van der Waals surface area contributed by atoms with Crippen LogP contribution in [0.25, 0.3) is 0 Å². The van der Waals surface area contributed by atoms with Gasteiger partial charge in [-0.3, -0.25) is 4.79 Å². The number of hydrogen-bond acceptors (Lipinski definition) is 4. The molecule has 0 bridgehead atoms. The fourth-order valence-electron chi connectivity index (χ4n) is 1.85. The van der Waals surface area contributed by atoms with Crippen LogP contribution in [0.3, 0.4) is 0 Å². The molecule has 80 valence electrons. The van der Waals surface area contributed by atoms with Crippen molar-refractivity contribution < 1.29 is 14.6 Å². The topological polar surface area (TPSA) is 84.6 Å². The van der Waals surface area contributed by atoms with Crippen LogP contribution < -0.4 is 11.1 Å². The van der Waals surface area contributed by atoms with Gasteiger partial charge in [0, 0.05) is 12.1 Å². The highest BCUT2D eigenvalue weighted by molar-refractivity contribution is 5.80. The van der Waals surface area contributed by atoms with Crippen molar-refractivity contribution in [3.63, 3.8) is 0 Å². The summed E-state index contributed by atoms with van der Waals surface area (Å²) in [6, 6.07) is -0.0506. The lowest BCUT2D eigenvalue weighted by molar-refractivity contribution is -0.127. The fourth-order valence-corrected chi connectivity index (χ4v) is 1.85. The smallest absolute Gasteiger partial charge is 0.227 e. The molecule has 1 amide bonds. The predicted molar refractivity (Wildman–Crippen MR) is 49.5 cm³/mol. The van der Waals surface area contributed by atoms with E-state index in [0.29, 0.717) is 26.1 Å². The number of carbonyl (C=O) groups is 1. The van der Waals surface area contributed by atoms with E-state index < -0.39 is 0 Å². The number of nitrogens with one attached hydrogen (secondary N) is 1. The Morgan fingerprint density at radius 3 is 2.64 bits per heavy atom. The molecule has 0 radical (unpaired) electrons. The summed E-state index contributed by atoms with van der Waals surface area (Å²) in [4.78, 5) is 11.6. The summed E-state index contributed by atoms with van der Waals surface area (Å²) in [5.74, 6) is -0.250. The van der Waals surface area contributed by atoms with Gasteiger partial charge in [0.1, 0.15) is 0 Å². The van der Waals surface area contributed by atoms with Gasteiger partial charge in [0.25, 0.3) is 0 Å². The third-order valence-electron chi connectivity index (χ3n) is 2.92. The van der Waals surface area contributed by atoms with Crippen LogP contribution in [0.15, 0.2) is 0 Å². The van der Waals surface area contributed by atoms with Crippen LogP contribution in [-0.2, 0) is 9.53 Å². The lowest BCUT2D eigenvalue weighted by atomic mass is 9.89. The van der Waals surface area contributed by atoms with Gasteiger partial charge in [-0.25, -0.2) is 0 Å². The highest BCUT2D eigenvalue weighted by atomic mass is 16.5. The first-order valence-electron chi connectivity index (χ1n) is 4.98. The van der Waals surface area contributed by atoms with E-state index in [9.17, 15) is 4.79 Å². The minimum absolute atomic E-state index is 0.0353. The number of carbonyl (C=O) groups excluding carboxylic acids is 1. The van der Waals surface area contributed by atoms with Crippen LogP contribution in [0, 0.1) is 5.92 Å². The molecule has 0 spiro atoms. The van der Waals surface area contributed by atoms with Crippen LogP contribution in [0.1, 0.15) is 12.8 Å². The molecule has 2 atom stereocenters. The molecule has 1 aliphatic heterocycles. The molecule has 1 saturated carbocycles. The molecular weight excluding hydrogens is 184 g/mol. The summed E-state index contributed by atoms with van der Waals surface area (Å²) in [6.45, 7) is 0.883. The quantitative estimate of drug-likeness (QED) is 0.512. The van der Waals surface area contributed by atoms with Crippen LogP contribution in [0.4, 0.5) is 0 Å². The second-order valence-electron chi connectivity index (χ2n) is 4.14. The number of hydrogen-bond donors (Lipinski definition) is 3. The third kappa shape index (κ3) is 1.89. The largest absolute Gasteiger partial charge is 0.393 e. The molecule has 0 aromatic carbocycles. The molecule has 2 fully saturated rings. The molecule has 0 aromatic heterocycles. The fraction of sp³-hybridized carbons (Fsp3) is 0.889. The molecule has 1 aliphatic carbocycles. The molecule has 0 aromatic rings. The summed E-state index contributed by atoms with van der Waals surface area (Å²) in [7, 11) is 0. The van der Waals surface area contributed by atoms with E-state index >= 15 is 0 Å². The Kier molecular flexibility index (Phi) is 2.71. The summed E-state index contributed by atoms with van der Waals surface area (Å²) >= 11 is 0. The van der Waals surface area contributed by atoms with Gasteiger partial charge in [-0.2, -0.15) is 0 Å². The maximum absolute atomic E-state index is 11.6. The zero-order chi connectivity index (χ0) is 10.1. The van der Waals surface area contributed by atoms with Gasteiger partial charge in [0.15, 0.2) is 0 Å². The van der Waals surface area contributed by atoms with E-state index in [1.165, 1.54) is 0 Å². The summed E-state index contributed by atoms with van der Waals surface area (Å²) in [6.07, 6.45) is 1.08. The maximum atomic E-state index is 11.6. The van der Waals surface area contributed by atoms with Crippen LogP contribution >= 0.6 is 0 Å². The summed E-state index contributed by atoms with van der Waals surface area (Å²) < 4.78 is 5.11. The molecule has 1 heterocycles. The molecule has 5 heteroatoms. The summed E-state index contributed by atoms with van der Waals surface area (Å²) in [5, 5.41) is 11.9. The van der Waals surface area contributed by atoms with E-state index in [1.807, 2.05) is 0 Å². The first-order chi connectivity index (χ1) is 6.66. The van der Waals surface area contributed by atoms with E-state index in [4.69, 9.17) is 15.6 Å². The number of rotatable bonds is 2. The number of nitrogens with two attached hydrogens (primary N) is 1. The highest BCUT2D eigenvalue weighted by Crippen LogP contribution is 2.20. The van der Waals surface area contributed by atoms with Crippen molar-refractivity contribution in [1.82, 2.24) is 5.32 Å². The monoisotopic (exact) mass is 200 g/mol. The average Bonchev–Trinajstić information content (AvgIpc) is 2.48. The van der Waals surface area contributed by atoms with Crippen molar-refractivity contribution in [2.75, 3.05) is 13.2 Å². The summed E-state index contributed by atoms with van der Waals surface area (Å²) in [5.41, 5.74) is 5.71. The van der Waals surface area contributed by atoms with E-state index in [1.54, 1.807) is 0 Å². The third-order valence-corrected chi connectivity index (χ3v) is 2.92. The van der Waals surface area contributed by atoms with Crippen LogP contribution in [0.5, 0.6) is 0 Å². The Morgan fingerprint density at radius 2 is 2.14 bits per heavy atom. The van der Waals surface area contributed by atoms with E-state index in [2.05, 4.69) is 5.32 Å². The van der Waals surface area contributed by atoms with Crippen LogP contribution in [-0.4, -0.2) is 42.4 Å². The molecule has 5 nitrogen and oxygen atoms in total. The van der Waals surface area contributed by atoms with Gasteiger partial charge in [0.2, 0.25) is 5.91 Å². The molecule has 2 unspecified atom stereocenters. The molecule has 2 aliphatic rings. The number of ether oxygens (including phenoxy) is 1. The van der Waals surface area contributed by atoms with Crippen LogP contribution in [0.2, 0.25) is 0 Å². The predicted octanol–water partition coefficient (Wildman–Crippen LogP) is -1.40. The lowest BCUT2D eigenvalue weighted by Gasteiger charge is -2.32. The lowest BCUT2D eigenvalue weighted by Crippen LogP contribution is -2.51. The van der Waals surface area contributed by atoms with Crippen molar-refractivity contribution in [2.45, 2.75) is 31.0 Å². The zero-order valence-corrected chi connectivity index (χ0v) is 7.98. The Labute approximate surface area is 82.6 Å². The Hall–Kier alpha value is -0.650. The van der Waals surface area contributed by atoms with Crippen molar-refractivity contribution in [2.24, 2.45) is 11.7 Å². The first kappa shape index (κ1) is 9.89. The Balaban J connectivity index is 1.78. The second kappa shape index (κ2) is 3.84. The Bertz CT molecular complexity index is 228. The maximum Gasteiger partial charge on any atom is 0.227 e. The van der Waals surface area contributed by atoms with Crippen molar-refractivity contribution in [3.05, 3.63) is 0 Å². The normalized spacial score (nSPS) is 41.9. The van der Waals surface area contributed by atoms with Crippen molar-refractivity contribution >= 4 is 5.91 Å². The van der Waals surface area contributed by atoms with Gasteiger partial charge in [-0.15, -0.1) is 0 Å². The van der Waals surface area contributed by atoms with Gasteiger partial charge < -0.3 is 20.9 Å². The van der Waals surface area contributed by atoms with Gasteiger partial charge in [0.05, 0.1) is 25.2 Å². The number of aliphatic hydroxyl groups excluding tert-OH is 1. The van der Waals surface area contributed by atoms with Gasteiger partial charge >= 0.3 is 0 Å². The molecule has 4 N–H and O–H groups in total. The first-order valence-corrected chi connectivity index (χ1v) is 4.98. The second-order valence-corrected chi connectivity index (χ2v) is 4.14. The van der Waals surface area contributed by atoms with Gasteiger partial charge in [-0.05, 0) is 12.8 Å². The molecular formula is C9H16N2O3. The Morgan fingerprint density at radius 1 is 1.43 bits per heavy atom. The molecule has 14 heavy (non-hydrogen) atoms. The van der Waals surface area contributed by atoms with Crippen molar-refractivity contribution in [1.29, 1.82) is 0 Å². The molecule has 1 saturated heterocycles. The van der Waals surface area contributed by atoms with E-state index in [0.717, 1.165) is 0 Å². The number of amides is 1. The average molecular weight is 200 g/mol. The molecule has 2 rings (SSSR count). The minimum Gasteiger partial charge on any atom is -0.393 e. The SMILES string of the molecule is NC1COCC1C(=O)NC1CC(O)C1. The zero-order valence-electron chi connectivity index (χ0n) is 7.98.